The van der Waals surface area contributed by atoms with Gasteiger partial charge in [-0.05, 0) is 28.1 Å². The van der Waals surface area contributed by atoms with Gasteiger partial charge in [-0.2, -0.15) is 0 Å². The highest BCUT2D eigenvalue weighted by molar-refractivity contribution is 9.10. The van der Waals surface area contributed by atoms with Gasteiger partial charge in [0, 0.05) is 5.56 Å². The van der Waals surface area contributed by atoms with Crippen LogP contribution in [-0.4, -0.2) is 9.97 Å². The first-order valence-corrected chi connectivity index (χ1v) is 4.97. The highest BCUT2D eigenvalue weighted by atomic mass is 79.9. The molecule has 0 bridgehead atoms. The second kappa shape index (κ2) is 3.94. The molecule has 5 heteroatoms. The summed E-state index contributed by atoms with van der Waals surface area (Å²) >= 11 is 3.08. The van der Waals surface area contributed by atoms with Gasteiger partial charge < -0.3 is 4.98 Å². The number of H-pyrrole nitrogens is 1. The van der Waals surface area contributed by atoms with Crippen LogP contribution in [0.15, 0.2) is 39.9 Å². The smallest absolute Gasteiger partial charge is 0.265 e. The van der Waals surface area contributed by atoms with Crippen LogP contribution in [0.5, 0.6) is 0 Å². The van der Waals surface area contributed by atoms with E-state index in [1.807, 2.05) is 0 Å². The number of nitrogens with one attached hydrogen (secondary N) is 1. The lowest BCUT2D eigenvalue weighted by atomic mass is 10.1. The molecular weight excluding hydrogens is 263 g/mol. The molecule has 0 saturated heterocycles. The van der Waals surface area contributed by atoms with Crippen LogP contribution in [0.3, 0.4) is 0 Å². The number of halogens is 2. The molecule has 15 heavy (non-hydrogen) atoms. The average Bonchev–Trinajstić information content (AvgIpc) is 2.23. The van der Waals surface area contributed by atoms with Crippen LogP contribution in [0, 0.1) is 5.82 Å². The van der Waals surface area contributed by atoms with Crippen LogP contribution in [0.1, 0.15) is 0 Å². The highest BCUT2D eigenvalue weighted by Crippen LogP contribution is 2.24. The van der Waals surface area contributed by atoms with Crippen molar-refractivity contribution >= 4 is 15.9 Å². The summed E-state index contributed by atoms with van der Waals surface area (Å²) in [6.45, 7) is 0. The Morgan fingerprint density at radius 1 is 1.33 bits per heavy atom. The lowest BCUT2D eigenvalue weighted by Gasteiger charge is -2.02. The minimum atomic E-state index is -0.406. The summed E-state index contributed by atoms with van der Waals surface area (Å²) in [6.07, 6.45) is 1.24. The van der Waals surface area contributed by atoms with Gasteiger partial charge in [0.1, 0.15) is 10.3 Å². The maximum atomic E-state index is 13.4. The summed E-state index contributed by atoms with van der Waals surface area (Å²) < 4.78 is 13.6. The molecule has 0 saturated carbocycles. The molecule has 2 aromatic rings. The number of hydrogen-bond donors (Lipinski definition) is 1. The largest absolute Gasteiger partial charge is 0.312 e. The third-order valence-electron chi connectivity index (χ3n) is 1.93. The van der Waals surface area contributed by atoms with Crippen molar-refractivity contribution in [2.24, 2.45) is 0 Å². The first-order chi connectivity index (χ1) is 7.20. The van der Waals surface area contributed by atoms with Gasteiger partial charge in [-0.15, -0.1) is 0 Å². The average molecular weight is 269 g/mol. The fourth-order valence-electron chi connectivity index (χ4n) is 1.22. The molecule has 76 valence electrons. The number of nitrogens with zero attached hydrogens (tertiary/aromatic N) is 1. The number of aromatic amines is 1. The maximum absolute atomic E-state index is 13.4. The van der Waals surface area contributed by atoms with Gasteiger partial charge in [-0.1, -0.05) is 12.1 Å². The van der Waals surface area contributed by atoms with Crippen molar-refractivity contribution in [2.75, 3.05) is 0 Å². The van der Waals surface area contributed by atoms with E-state index < -0.39 is 5.82 Å². The number of rotatable bonds is 1. The second-order valence-electron chi connectivity index (χ2n) is 2.87. The second-order valence-corrected chi connectivity index (χ2v) is 3.67. The molecule has 0 aliphatic carbocycles. The number of benzene rings is 1. The maximum Gasteiger partial charge on any atom is 0.265 e. The lowest BCUT2D eigenvalue weighted by molar-refractivity contribution is 0.630. The van der Waals surface area contributed by atoms with Gasteiger partial charge >= 0.3 is 0 Å². The molecule has 0 amide bonds. The van der Waals surface area contributed by atoms with Crippen molar-refractivity contribution in [3.05, 3.63) is 51.2 Å². The van der Waals surface area contributed by atoms with Crippen molar-refractivity contribution in [2.45, 2.75) is 0 Å². The zero-order chi connectivity index (χ0) is 10.8. The number of aromatic nitrogens is 2. The fraction of sp³-hybridized carbons (Fsp3) is 0. The Hall–Kier alpha value is -1.49. The molecule has 2 rings (SSSR count). The predicted molar refractivity (Wildman–Crippen MR) is 58.0 cm³/mol. The Kier molecular flexibility index (Phi) is 2.64. The molecule has 0 aliphatic heterocycles. The van der Waals surface area contributed by atoms with E-state index in [9.17, 15) is 9.18 Å². The van der Waals surface area contributed by atoms with Crippen LogP contribution >= 0.6 is 15.9 Å². The third kappa shape index (κ3) is 1.83. The number of hydrogen-bond acceptors (Lipinski definition) is 2. The molecule has 1 N–H and O–H groups in total. The van der Waals surface area contributed by atoms with Crippen molar-refractivity contribution in [1.29, 1.82) is 0 Å². The summed E-state index contributed by atoms with van der Waals surface area (Å²) in [4.78, 5) is 17.6. The molecule has 1 aromatic carbocycles. The van der Waals surface area contributed by atoms with E-state index >= 15 is 0 Å². The monoisotopic (exact) mass is 268 g/mol. The fourth-order valence-corrected chi connectivity index (χ4v) is 1.65. The molecule has 1 aromatic heterocycles. The Labute approximate surface area is 93.1 Å². The summed E-state index contributed by atoms with van der Waals surface area (Å²) in [5, 5.41) is 0. The molecule has 0 fully saturated rings. The van der Waals surface area contributed by atoms with Crippen molar-refractivity contribution in [1.82, 2.24) is 9.97 Å². The van der Waals surface area contributed by atoms with Crippen LogP contribution < -0.4 is 5.56 Å². The van der Waals surface area contributed by atoms with E-state index in [1.165, 1.54) is 12.4 Å². The van der Waals surface area contributed by atoms with Gasteiger partial charge in [-0.25, -0.2) is 9.37 Å². The Balaban J connectivity index is 2.70. The van der Waals surface area contributed by atoms with Crippen molar-refractivity contribution in [3.8, 4) is 11.3 Å². The first-order valence-electron chi connectivity index (χ1n) is 4.18. The predicted octanol–water partition coefficient (Wildman–Crippen LogP) is 2.34. The molecule has 0 radical (unpaired) electrons. The van der Waals surface area contributed by atoms with E-state index in [1.54, 1.807) is 18.2 Å². The van der Waals surface area contributed by atoms with Gasteiger partial charge in [-0.3, -0.25) is 4.79 Å². The van der Waals surface area contributed by atoms with E-state index in [4.69, 9.17) is 0 Å². The molecule has 0 aliphatic rings. The summed E-state index contributed by atoms with van der Waals surface area (Å²) in [5.41, 5.74) is 0.274. The van der Waals surface area contributed by atoms with Crippen LogP contribution in [-0.2, 0) is 0 Å². The van der Waals surface area contributed by atoms with Crippen molar-refractivity contribution < 1.29 is 4.39 Å². The lowest BCUT2D eigenvalue weighted by Crippen LogP contribution is -2.08. The zero-order valence-corrected chi connectivity index (χ0v) is 9.08. The van der Waals surface area contributed by atoms with Crippen LogP contribution in [0.2, 0.25) is 0 Å². The molecule has 0 unspecified atom stereocenters. The zero-order valence-electron chi connectivity index (χ0n) is 7.50. The minimum Gasteiger partial charge on any atom is -0.312 e. The summed E-state index contributed by atoms with van der Waals surface area (Å²) in [7, 11) is 0. The topological polar surface area (TPSA) is 45.8 Å². The Morgan fingerprint density at radius 3 is 2.80 bits per heavy atom. The van der Waals surface area contributed by atoms with Crippen LogP contribution in [0.4, 0.5) is 4.39 Å². The van der Waals surface area contributed by atoms with Gasteiger partial charge in [0.05, 0.1) is 12.0 Å². The molecule has 1 heterocycles. The van der Waals surface area contributed by atoms with Gasteiger partial charge in [0.15, 0.2) is 0 Å². The molecule has 0 spiro atoms. The van der Waals surface area contributed by atoms with E-state index in [0.29, 0.717) is 11.3 Å². The van der Waals surface area contributed by atoms with E-state index in [-0.39, 0.29) is 10.0 Å². The highest BCUT2D eigenvalue weighted by Gasteiger charge is 2.11. The molecule has 0 atom stereocenters. The first kappa shape index (κ1) is 10.0. The molecular formula is C10H6BrFN2O. The quantitative estimate of drug-likeness (QED) is 0.863. The summed E-state index contributed by atoms with van der Waals surface area (Å²) in [5.74, 6) is -0.406. The van der Waals surface area contributed by atoms with E-state index in [2.05, 4.69) is 25.9 Å². The minimum absolute atomic E-state index is 0.232. The van der Waals surface area contributed by atoms with Crippen LogP contribution in [0.25, 0.3) is 11.3 Å². The van der Waals surface area contributed by atoms with Gasteiger partial charge in [0.2, 0.25) is 0 Å². The summed E-state index contributed by atoms with van der Waals surface area (Å²) in [6, 6.07) is 6.17. The Morgan fingerprint density at radius 2 is 2.07 bits per heavy atom. The van der Waals surface area contributed by atoms with Crippen molar-refractivity contribution in [3.63, 3.8) is 0 Å². The molecule has 3 nitrogen and oxygen atoms in total. The standard InChI is InChI=1S/C10H6BrFN2O/c11-8-9(13-5-14-10(8)15)6-3-1-2-4-7(6)12/h1-5H,(H,13,14,15). The SMILES string of the molecule is O=c1[nH]cnc(-c2ccccc2F)c1Br. The van der Waals surface area contributed by atoms with E-state index in [0.717, 1.165) is 0 Å². The van der Waals surface area contributed by atoms with Gasteiger partial charge in [0.25, 0.3) is 5.56 Å². The normalized spacial score (nSPS) is 10.3. The third-order valence-corrected chi connectivity index (χ3v) is 2.66. The Bertz CT molecular complexity index is 553.